The van der Waals surface area contributed by atoms with Gasteiger partial charge >= 0.3 is 0 Å². The minimum atomic E-state index is -0.465. The summed E-state index contributed by atoms with van der Waals surface area (Å²) in [6, 6.07) is 2.67. The highest BCUT2D eigenvalue weighted by molar-refractivity contribution is 7.23. The number of pyridine rings is 1. The van der Waals surface area contributed by atoms with Gasteiger partial charge in [0, 0.05) is 35.0 Å². The number of aliphatic imine (C=N–C) groups is 1. The lowest BCUT2D eigenvalue weighted by Crippen LogP contribution is -2.36. The average Bonchev–Trinajstić information content (AvgIpc) is 3.63. The van der Waals surface area contributed by atoms with Crippen molar-refractivity contribution in [2.45, 2.75) is 80.1 Å². The van der Waals surface area contributed by atoms with Crippen molar-refractivity contribution >= 4 is 44.0 Å². The Labute approximate surface area is 233 Å². The van der Waals surface area contributed by atoms with Crippen LogP contribution in [-0.2, 0) is 24.4 Å². The maximum Gasteiger partial charge on any atom is 0.159 e. The molecule has 1 fully saturated rings. The number of benzene rings is 1. The molecule has 3 aromatic rings. The van der Waals surface area contributed by atoms with Crippen molar-refractivity contribution in [3.05, 3.63) is 44.7 Å². The molecule has 4 heterocycles. The smallest absolute Gasteiger partial charge is 0.159 e. The predicted molar refractivity (Wildman–Crippen MR) is 158 cm³/mol. The van der Waals surface area contributed by atoms with E-state index in [0.717, 1.165) is 68.4 Å². The number of nitriles is 1. The Balaban J connectivity index is 1.81. The van der Waals surface area contributed by atoms with Crippen LogP contribution in [0.25, 0.3) is 33.1 Å². The third kappa shape index (κ3) is 4.42. The Morgan fingerprint density at radius 1 is 1.31 bits per heavy atom. The van der Waals surface area contributed by atoms with Gasteiger partial charge in [0.25, 0.3) is 0 Å². The summed E-state index contributed by atoms with van der Waals surface area (Å²) in [4.78, 5) is 12.0. The Morgan fingerprint density at radius 3 is 2.69 bits per heavy atom. The first-order valence-electron chi connectivity index (χ1n) is 13.7. The van der Waals surface area contributed by atoms with Crippen LogP contribution in [-0.4, -0.2) is 28.3 Å². The summed E-state index contributed by atoms with van der Waals surface area (Å²) in [5.74, 6) is 1.26. The van der Waals surface area contributed by atoms with Gasteiger partial charge in [0.05, 0.1) is 35.4 Å². The van der Waals surface area contributed by atoms with Crippen LogP contribution in [0.5, 0.6) is 0 Å². The summed E-state index contributed by atoms with van der Waals surface area (Å²) in [6.07, 6.45) is 6.37. The van der Waals surface area contributed by atoms with E-state index in [2.05, 4.69) is 57.5 Å². The second-order valence-electron chi connectivity index (χ2n) is 10.8. The molecule has 0 saturated carbocycles. The molecular weight excluding hydrogens is 509 g/mol. The first kappa shape index (κ1) is 27.3. The second kappa shape index (κ2) is 10.7. The molecule has 6 nitrogen and oxygen atoms in total. The van der Waals surface area contributed by atoms with Crippen molar-refractivity contribution in [2.75, 3.05) is 12.3 Å². The maximum atomic E-state index is 14.8. The minimum absolute atomic E-state index is 0.284. The van der Waals surface area contributed by atoms with Crippen molar-refractivity contribution in [3.63, 3.8) is 0 Å². The highest BCUT2D eigenvalue weighted by Crippen LogP contribution is 2.42. The number of fused-ring (bicyclic) bond motifs is 2. The fraction of sp³-hybridized carbons (Fsp3) is 0.452. The Hall–Kier alpha value is -3.28. The van der Waals surface area contributed by atoms with Gasteiger partial charge < -0.3 is 15.4 Å². The van der Waals surface area contributed by atoms with Gasteiger partial charge in [0.2, 0.25) is 0 Å². The molecule has 0 radical (unpaired) electrons. The molecule has 0 aliphatic carbocycles. The topological polar surface area (TPSA) is 87.5 Å². The number of halogens is 1. The van der Waals surface area contributed by atoms with Crippen LogP contribution in [0.3, 0.4) is 0 Å². The molecule has 2 aromatic heterocycles. The van der Waals surface area contributed by atoms with E-state index < -0.39 is 5.82 Å². The molecule has 8 heteroatoms. The first-order chi connectivity index (χ1) is 18.7. The standard InChI is InChI=1S/C31H36FN5OS/c1-7-19-9-10-37(17(19)5)18(6)35-12-22-23-14-38-15-24(23)27(20(8-2)26(22)16(3)4)29-28-21(11-33)31(34)39-30(28)25(32)13-36-29/h12-13,17,19H,7-10,14-15,34H2,1-6H3/b22-12-,35-18?. The summed E-state index contributed by atoms with van der Waals surface area (Å²) in [5, 5.41) is 12.9. The molecule has 2 atom stereocenters. The van der Waals surface area contributed by atoms with Crippen molar-refractivity contribution in [2.24, 2.45) is 10.9 Å². The third-order valence-electron chi connectivity index (χ3n) is 8.49. The summed E-state index contributed by atoms with van der Waals surface area (Å²) < 4.78 is 21.2. The van der Waals surface area contributed by atoms with Gasteiger partial charge in [-0.1, -0.05) is 25.8 Å². The SMILES string of the molecule is CCc1c(-c2ncc(F)c3sc(N)c(C#N)c23)c2c(/c(=C/N=C(C)N3CCC(CC)C3C)c1=C(C)C)COC2. The van der Waals surface area contributed by atoms with Crippen LogP contribution >= 0.6 is 11.3 Å². The fourth-order valence-corrected chi connectivity index (χ4v) is 7.41. The number of nitrogens with two attached hydrogens (primary N) is 1. The number of thiophene rings is 1. The second-order valence-corrected chi connectivity index (χ2v) is 11.8. The molecule has 1 saturated heterocycles. The van der Waals surface area contributed by atoms with Crippen molar-refractivity contribution in [3.8, 4) is 17.3 Å². The van der Waals surface area contributed by atoms with Gasteiger partial charge in [-0.05, 0) is 68.4 Å². The zero-order valence-electron chi connectivity index (χ0n) is 23.6. The summed E-state index contributed by atoms with van der Waals surface area (Å²) in [6.45, 7) is 14.9. The molecule has 39 heavy (non-hydrogen) atoms. The number of ether oxygens (including phenoxy) is 1. The number of nitrogen functional groups attached to an aromatic ring is 1. The van der Waals surface area contributed by atoms with E-state index in [0.29, 0.717) is 46.0 Å². The maximum absolute atomic E-state index is 14.8. The average molecular weight is 546 g/mol. The lowest BCUT2D eigenvalue weighted by atomic mass is 9.87. The van der Waals surface area contributed by atoms with Crippen LogP contribution in [0.15, 0.2) is 11.2 Å². The highest BCUT2D eigenvalue weighted by Gasteiger charge is 2.30. The molecule has 0 spiro atoms. The molecule has 2 N–H and O–H groups in total. The summed E-state index contributed by atoms with van der Waals surface area (Å²) >= 11 is 1.10. The van der Waals surface area contributed by atoms with E-state index in [1.165, 1.54) is 19.0 Å². The molecule has 0 amide bonds. The van der Waals surface area contributed by atoms with E-state index in [-0.39, 0.29) is 5.56 Å². The quantitative estimate of drug-likeness (QED) is 0.340. The Morgan fingerprint density at radius 2 is 2.05 bits per heavy atom. The zero-order valence-corrected chi connectivity index (χ0v) is 24.4. The van der Waals surface area contributed by atoms with Gasteiger partial charge in [-0.2, -0.15) is 5.26 Å². The number of aromatic nitrogens is 1. The summed E-state index contributed by atoms with van der Waals surface area (Å²) in [7, 11) is 0. The molecule has 2 aliphatic heterocycles. The number of likely N-dealkylation sites (tertiary alicyclic amines) is 1. The zero-order chi connectivity index (χ0) is 28.0. The monoisotopic (exact) mass is 545 g/mol. The number of rotatable bonds is 4. The van der Waals surface area contributed by atoms with E-state index >= 15 is 0 Å². The fourth-order valence-electron chi connectivity index (χ4n) is 6.49. The van der Waals surface area contributed by atoms with Crippen molar-refractivity contribution < 1.29 is 9.13 Å². The number of hydrogen-bond donors (Lipinski definition) is 1. The number of hydrogen-bond acceptors (Lipinski definition) is 6. The van der Waals surface area contributed by atoms with Crippen LogP contribution in [0.1, 0.15) is 76.6 Å². The molecular formula is C31H36FN5OS. The first-order valence-corrected chi connectivity index (χ1v) is 14.5. The van der Waals surface area contributed by atoms with Crippen molar-refractivity contribution in [1.29, 1.82) is 5.26 Å². The number of amidine groups is 1. The molecule has 0 bridgehead atoms. The number of anilines is 1. The van der Waals surface area contributed by atoms with Crippen LogP contribution in [0, 0.1) is 23.1 Å². The van der Waals surface area contributed by atoms with E-state index in [9.17, 15) is 9.65 Å². The Kier molecular flexibility index (Phi) is 7.49. The lowest BCUT2D eigenvalue weighted by Gasteiger charge is -2.25. The normalized spacial score (nSPS) is 19.7. The lowest BCUT2D eigenvalue weighted by molar-refractivity contribution is 0.134. The van der Waals surface area contributed by atoms with E-state index in [1.54, 1.807) is 0 Å². The van der Waals surface area contributed by atoms with Crippen molar-refractivity contribution in [1.82, 2.24) is 9.88 Å². The van der Waals surface area contributed by atoms with Gasteiger partial charge in [0.1, 0.15) is 16.9 Å². The minimum Gasteiger partial charge on any atom is -0.389 e. The van der Waals surface area contributed by atoms with Crippen LogP contribution in [0.2, 0.25) is 0 Å². The van der Waals surface area contributed by atoms with Gasteiger partial charge in [-0.15, -0.1) is 11.3 Å². The number of nitrogens with zero attached hydrogens (tertiary/aromatic N) is 4. The predicted octanol–water partition coefficient (Wildman–Crippen LogP) is 5.62. The molecule has 2 unspecified atom stereocenters. The third-order valence-corrected chi connectivity index (χ3v) is 9.52. The largest absolute Gasteiger partial charge is 0.389 e. The van der Waals surface area contributed by atoms with Crippen LogP contribution < -0.4 is 16.2 Å². The molecule has 1 aromatic carbocycles. The van der Waals surface area contributed by atoms with Gasteiger partial charge in [0.15, 0.2) is 5.82 Å². The van der Waals surface area contributed by atoms with E-state index in [1.807, 2.05) is 6.20 Å². The van der Waals surface area contributed by atoms with E-state index in [4.69, 9.17) is 15.5 Å². The molecule has 2 aliphatic rings. The Bertz CT molecular complexity index is 1660. The summed E-state index contributed by atoms with van der Waals surface area (Å²) in [5.41, 5.74) is 12.3. The van der Waals surface area contributed by atoms with Gasteiger partial charge in [-0.3, -0.25) is 4.98 Å². The molecule has 204 valence electrons. The van der Waals surface area contributed by atoms with Gasteiger partial charge in [-0.25, -0.2) is 9.38 Å². The van der Waals surface area contributed by atoms with Crippen LogP contribution in [0.4, 0.5) is 9.39 Å². The highest BCUT2D eigenvalue weighted by atomic mass is 32.1. The molecule has 5 rings (SSSR count).